The third-order valence-electron chi connectivity index (χ3n) is 5.30. The number of carbonyl (C=O) groups is 2. The van der Waals surface area contributed by atoms with Crippen LogP contribution in [-0.4, -0.2) is 81.8 Å². The Kier molecular flexibility index (Phi) is 11.7. The first kappa shape index (κ1) is 26.3. The van der Waals surface area contributed by atoms with E-state index in [0.29, 0.717) is 38.4 Å². The van der Waals surface area contributed by atoms with Gasteiger partial charge in [-0.05, 0) is 37.0 Å². The van der Waals surface area contributed by atoms with Crippen molar-refractivity contribution in [3.8, 4) is 0 Å². The van der Waals surface area contributed by atoms with Crippen LogP contribution >= 0.6 is 24.0 Å². The summed E-state index contributed by atoms with van der Waals surface area (Å²) < 4.78 is 11.2. The second-order valence-corrected chi connectivity index (χ2v) is 7.69. The lowest BCUT2D eigenvalue weighted by molar-refractivity contribution is -0.123. The largest absolute Gasteiger partial charge is 0.379 e. The van der Waals surface area contributed by atoms with E-state index in [1.807, 2.05) is 12.1 Å². The van der Waals surface area contributed by atoms with E-state index < -0.39 is 0 Å². The van der Waals surface area contributed by atoms with E-state index in [1.165, 1.54) is 0 Å². The van der Waals surface area contributed by atoms with Crippen molar-refractivity contribution in [2.24, 2.45) is 4.99 Å². The molecule has 1 atom stereocenters. The Morgan fingerprint density at radius 1 is 1.31 bits per heavy atom. The summed E-state index contributed by atoms with van der Waals surface area (Å²) in [5.41, 5.74) is 1.62. The van der Waals surface area contributed by atoms with Crippen LogP contribution in [0.4, 0.5) is 0 Å². The van der Waals surface area contributed by atoms with Crippen LogP contribution in [0.1, 0.15) is 35.2 Å². The minimum atomic E-state index is -0.117. The van der Waals surface area contributed by atoms with Gasteiger partial charge < -0.3 is 30.3 Å². The quantitative estimate of drug-likeness (QED) is 0.182. The van der Waals surface area contributed by atoms with Crippen molar-refractivity contribution in [2.75, 3.05) is 53.0 Å². The van der Waals surface area contributed by atoms with Gasteiger partial charge in [-0.25, -0.2) is 0 Å². The van der Waals surface area contributed by atoms with Gasteiger partial charge in [-0.15, -0.1) is 24.0 Å². The number of aliphatic imine (C=N–C) groups is 1. The molecule has 2 heterocycles. The molecule has 0 aromatic heterocycles. The first-order valence-electron chi connectivity index (χ1n) is 10.9. The third kappa shape index (κ3) is 8.55. The lowest BCUT2D eigenvalue weighted by Crippen LogP contribution is -2.49. The number of halogens is 1. The Labute approximate surface area is 206 Å². The molecule has 0 saturated carbocycles. The molecular formula is C22H34IN5O4. The molecule has 9 nitrogen and oxygen atoms in total. The predicted octanol–water partition coefficient (Wildman–Crippen LogP) is 1.13. The molecule has 1 aromatic rings. The van der Waals surface area contributed by atoms with Gasteiger partial charge in [0.1, 0.15) is 0 Å². The van der Waals surface area contributed by atoms with E-state index >= 15 is 0 Å². The van der Waals surface area contributed by atoms with Crippen LogP contribution in [0.5, 0.6) is 0 Å². The van der Waals surface area contributed by atoms with Crippen molar-refractivity contribution in [2.45, 2.75) is 31.9 Å². The van der Waals surface area contributed by atoms with Gasteiger partial charge in [-0.3, -0.25) is 14.6 Å². The molecule has 3 N–H and O–H groups in total. The summed E-state index contributed by atoms with van der Waals surface area (Å²) in [4.78, 5) is 29.8. The second kappa shape index (κ2) is 14.3. The van der Waals surface area contributed by atoms with E-state index in [4.69, 9.17) is 9.47 Å². The number of amides is 2. The lowest BCUT2D eigenvalue weighted by Gasteiger charge is -2.26. The summed E-state index contributed by atoms with van der Waals surface area (Å²) in [6.07, 6.45) is 3.38. The smallest absolute Gasteiger partial charge is 0.254 e. The fraction of sp³-hybridized carbons (Fsp3) is 0.591. The number of guanidine groups is 1. The number of rotatable bonds is 9. The molecule has 2 fully saturated rings. The molecule has 3 rings (SSSR count). The highest BCUT2D eigenvalue weighted by Crippen LogP contribution is 2.12. The van der Waals surface area contributed by atoms with Gasteiger partial charge in [0.25, 0.3) is 5.91 Å². The van der Waals surface area contributed by atoms with E-state index in [9.17, 15) is 9.59 Å². The number of hydrogen-bond acceptors (Lipinski definition) is 5. The molecule has 32 heavy (non-hydrogen) atoms. The van der Waals surface area contributed by atoms with Crippen LogP contribution in [0.25, 0.3) is 0 Å². The Morgan fingerprint density at radius 2 is 2.12 bits per heavy atom. The van der Waals surface area contributed by atoms with E-state index in [1.54, 1.807) is 24.1 Å². The number of nitrogens with one attached hydrogen (secondary N) is 3. The number of carbonyl (C=O) groups excluding carboxylic acids is 2. The number of hydrogen-bond donors (Lipinski definition) is 3. The third-order valence-corrected chi connectivity index (χ3v) is 5.30. The summed E-state index contributed by atoms with van der Waals surface area (Å²) in [6, 6.07) is 7.42. The van der Waals surface area contributed by atoms with Crippen molar-refractivity contribution >= 4 is 41.8 Å². The Balaban J connectivity index is 0.00000363. The molecule has 0 bridgehead atoms. The fourth-order valence-corrected chi connectivity index (χ4v) is 3.54. The Bertz CT molecular complexity index is 753. The predicted molar refractivity (Wildman–Crippen MR) is 133 cm³/mol. The maximum absolute atomic E-state index is 12.5. The lowest BCUT2D eigenvalue weighted by atomic mass is 10.1. The van der Waals surface area contributed by atoms with Gasteiger partial charge in [-0.2, -0.15) is 0 Å². The van der Waals surface area contributed by atoms with E-state index in [2.05, 4.69) is 20.9 Å². The molecule has 0 aliphatic carbocycles. The molecule has 10 heteroatoms. The molecule has 0 spiro atoms. The van der Waals surface area contributed by atoms with Crippen molar-refractivity contribution < 1.29 is 19.1 Å². The highest BCUT2D eigenvalue weighted by molar-refractivity contribution is 14.0. The average Bonchev–Trinajstić information content (AvgIpc) is 3.31. The van der Waals surface area contributed by atoms with E-state index in [-0.39, 0.29) is 48.4 Å². The molecule has 2 amide bonds. The van der Waals surface area contributed by atoms with Crippen molar-refractivity contribution in [3.05, 3.63) is 35.4 Å². The van der Waals surface area contributed by atoms with Crippen LogP contribution in [-0.2, 0) is 20.8 Å². The van der Waals surface area contributed by atoms with Gasteiger partial charge >= 0.3 is 0 Å². The zero-order valence-electron chi connectivity index (χ0n) is 18.6. The summed E-state index contributed by atoms with van der Waals surface area (Å²) in [5, 5.41) is 9.27. The first-order valence-corrected chi connectivity index (χ1v) is 10.9. The maximum Gasteiger partial charge on any atom is 0.254 e. The SMILES string of the molecule is CN=C(NCCCOCC1CCCO1)NCc1ccc(C(=O)N2CCNC(=O)C2)cc1.I. The highest BCUT2D eigenvalue weighted by Gasteiger charge is 2.22. The normalized spacial score (nSPS) is 18.7. The molecule has 1 unspecified atom stereocenters. The van der Waals surface area contributed by atoms with Gasteiger partial charge in [0.15, 0.2) is 5.96 Å². The summed E-state index contributed by atoms with van der Waals surface area (Å²) in [6.45, 7) is 4.73. The Hall–Kier alpha value is -1.92. The monoisotopic (exact) mass is 559 g/mol. The second-order valence-electron chi connectivity index (χ2n) is 7.69. The number of ether oxygens (including phenoxy) is 2. The highest BCUT2D eigenvalue weighted by atomic mass is 127. The van der Waals surface area contributed by atoms with Crippen LogP contribution in [0, 0.1) is 0 Å². The maximum atomic E-state index is 12.5. The van der Waals surface area contributed by atoms with Crippen molar-refractivity contribution in [1.29, 1.82) is 0 Å². The molecule has 0 radical (unpaired) electrons. The summed E-state index contributed by atoms with van der Waals surface area (Å²) in [7, 11) is 1.74. The number of piperazine rings is 1. The van der Waals surface area contributed by atoms with Crippen molar-refractivity contribution in [1.82, 2.24) is 20.9 Å². The topological polar surface area (TPSA) is 104 Å². The van der Waals surface area contributed by atoms with Gasteiger partial charge in [0, 0.05) is 52.0 Å². The van der Waals surface area contributed by atoms with Gasteiger partial charge in [-0.1, -0.05) is 12.1 Å². The molecule has 2 aliphatic heterocycles. The van der Waals surface area contributed by atoms with Crippen LogP contribution in [0.15, 0.2) is 29.3 Å². The van der Waals surface area contributed by atoms with Crippen LogP contribution < -0.4 is 16.0 Å². The van der Waals surface area contributed by atoms with Gasteiger partial charge in [0.2, 0.25) is 5.91 Å². The Morgan fingerprint density at radius 3 is 2.81 bits per heavy atom. The average molecular weight is 559 g/mol. The minimum absolute atomic E-state index is 0. The molecular weight excluding hydrogens is 525 g/mol. The molecule has 178 valence electrons. The molecule has 2 aliphatic rings. The minimum Gasteiger partial charge on any atom is -0.379 e. The van der Waals surface area contributed by atoms with Crippen LogP contribution in [0.3, 0.4) is 0 Å². The summed E-state index contributed by atoms with van der Waals surface area (Å²) >= 11 is 0. The standard InChI is InChI=1S/C22H33N5O4.HI/c1-23-22(25-9-3-12-30-16-19-4-2-13-31-19)26-14-17-5-7-18(8-6-17)21(29)27-11-10-24-20(28)15-27;/h5-8,19H,2-4,9-16H2,1H3,(H,24,28)(H2,23,25,26);1H. The molecule has 1 aromatic carbocycles. The summed E-state index contributed by atoms with van der Waals surface area (Å²) in [5.74, 6) is 0.487. The molecule has 2 saturated heterocycles. The van der Waals surface area contributed by atoms with Crippen molar-refractivity contribution in [3.63, 3.8) is 0 Å². The zero-order valence-corrected chi connectivity index (χ0v) is 20.9. The number of benzene rings is 1. The fourth-order valence-electron chi connectivity index (χ4n) is 3.54. The first-order chi connectivity index (χ1) is 15.2. The van der Waals surface area contributed by atoms with E-state index in [0.717, 1.165) is 43.9 Å². The number of nitrogens with zero attached hydrogens (tertiary/aromatic N) is 2. The van der Waals surface area contributed by atoms with Crippen LogP contribution in [0.2, 0.25) is 0 Å². The van der Waals surface area contributed by atoms with Gasteiger partial charge in [0.05, 0.1) is 19.3 Å². The zero-order chi connectivity index (χ0) is 21.9.